The molecule has 3 aromatic rings. The summed E-state index contributed by atoms with van der Waals surface area (Å²) in [7, 11) is 1.72. The molecule has 3 N–H and O–H groups in total. The summed E-state index contributed by atoms with van der Waals surface area (Å²) in [6.45, 7) is 1.98. The predicted octanol–water partition coefficient (Wildman–Crippen LogP) is 3.44. The van der Waals surface area contributed by atoms with Crippen molar-refractivity contribution in [2.24, 2.45) is 4.99 Å². The Morgan fingerprint density at radius 2 is 1.97 bits per heavy atom. The lowest BCUT2D eigenvalue weighted by Gasteiger charge is -2.12. The first-order valence-corrected chi connectivity index (χ1v) is 9.45. The standard InChI is InChI=1S/C21H23FN4O3.HI/c1-23-21(24-7-6-14-12-26-18-4-2-15(22)10-17(14)18)25-8-9-27-16-3-5-19-20(11-16)29-13-28-19;/h2-5,10-12,26H,6-9,13H2,1H3,(H2,23,24,25);1H. The van der Waals surface area contributed by atoms with Crippen LogP contribution >= 0.6 is 24.0 Å². The number of rotatable bonds is 7. The largest absolute Gasteiger partial charge is 0.492 e. The first-order valence-electron chi connectivity index (χ1n) is 9.45. The Bertz CT molecular complexity index is 1020. The highest BCUT2D eigenvalue weighted by atomic mass is 127. The van der Waals surface area contributed by atoms with E-state index in [1.807, 2.05) is 24.4 Å². The zero-order chi connectivity index (χ0) is 20.1. The molecule has 0 atom stereocenters. The third-order valence-electron chi connectivity index (χ3n) is 4.65. The molecule has 0 spiro atoms. The van der Waals surface area contributed by atoms with Crippen LogP contribution in [0.3, 0.4) is 0 Å². The Morgan fingerprint density at radius 1 is 1.13 bits per heavy atom. The van der Waals surface area contributed by atoms with Gasteiger partial charge in [0.05, 0.1) is 6.54 Å². The molecular formula is C21H24FIN4O3. The van der Waals surface area contributed by atoms with Gasteiger partial charge in [-0.05, 0) is 42.3 Å². The van der Waals surface area contributed by atoms with Crippen LogP contribution in [0, 0.1) is 5.82 Å². The molecular weight excluding hydrogens is 502 g/mol. The van der Waals surface area contributed by atoms with Crippen molar-refractivity contribution >= 4 is 40.8 Å². The molecule has 0 unspecified atom stereocenters. The van der Waals surface area contributed by atoms with Crippen LogP contribution in [0.1, 0.15) is 5.56 Å². The number of halogens is 2. The molecule has 2 heterocycles. The highest BCUT2D eigenvalue weighted by Gasteiger charge is 2.13. The lowest BCUT2D eigenvalue weighted by Crippen LogP contribution is -2.40. The fourth-order valence-corrected chi connectivity index (χ4v) is 3.20. The van der Waals surface area contributed by atoms with Gasteiger partial charge in [0.15, 0.2) is 17.5 Å². The number of aromatic amines is 1. The minimum absolute atomic E-state index is 0. The summed E-state index contributed by atoms with van der Waals surface area (Å²) in [4.78, 5) is 7.38. The van der Waals surface area contributed by atoms with E-state index in [9.17, 15) is 4.39 Å². The maximum Gasteiger partial charge on any atom is 0.231 e. The van der Waals surface area contributed by atoms with Crippen molar-refractivity contribution in [3.63, 3.8) is 0 Å². The van der Waals surface area contributed by atoms with Crippen molar-refractivity contribution in [2.75, 3.05) is 33.5 Å². The SMILES string of the molecule is CN=C(NCCOc1ccc2c(c1)OCO2)NCCc1c[nH]c2ccc(F)cc12.I. The molecule has 0 amide bonds. The van der Waals surface area contributed by atoms with Crippen LogP contribution in [0.25, 0.3) is 10.9 Å². The summed E-state index contributed by atoms with van der Waals surface area (Å²) in [5.41, 5.74) is 2.00. The Hall–Kier alpha value is -2.69. The van der Waals surface area contributed by atoms with Gasteiger partial charge in [0.2, 0.25) is 6.79 Å². The molecule has 0 saturated carbocycles. The number of benzene rings is 2. The maximum absolute atomic E-state index is 13.5. The van der Waals surface area contributed by atoms with Gasteiger partial charge >= 0.3 is 0 Å². The lowest BCUT2D eigenvalue weighted by molar-refractivity contribution is 0.173. The van der Waals surface area contributed by atoms with E-state index >= 15 is 0 Å². The second-order valence-electron chi connectivity index (χ2n) is 6.54. The van der Waals surface area contributed by atoms with Crippen molar-refractivity contribution in [3.8, 4) is 17.2 Å². The summed E-state index contributed by atoms with van der Waals surface area (Å²) in [6, 6.07) is 10.3. The molecule has 0 fully saturated rings. The van der Waals surface area contributed by atoms with E-state index in [-0.39, 0.29) is 36.6 Å². The Kier molecular flexibility index (Phi) is 7.61. The zero-order valence-electron chi connectivity index (χ0n) is 16.5. The summed E-state index contributed by atoms with van der Waals surface area (Å²) >= 11 is 0. The van der Waals surface area contributed by atoms with Crippen LogP contribution < -0.4 is 24.8 Å². The monoisotopic (exact) mass is 526 g/mol. The molecule has 0 saturated heterocycles. The normalized spacial score (nSPS) is 12.5. The fourth-order valence-electron chi connectivity index (χ4n) is 3.20. The van der Waals surface area contributed by atoms with E-state index in [2.05, 4.69) is 20.6 Å². The van der Waals surface area contributed by atoms with Crippen LogP contribution in [0.2, 0.25) is 0 Å². The van der Waals surface area contributed by atoms with Gasteiger partial charge in [0.1, 0.15) is 18.2 Å². The Labute approximate surface area is 191 Å². The third kappa shape index (κ3) is 5.26. The van der Waals surface area contributed by atoms with Gasteiger partial charge in [0.25, 0.3) is 0 Å². The highest BCUT2D eigenvalue weighted by Crippen LogP contribution is 2.34. The zero-order valence-corrected chi connectivity index (χ0v) is 18.9. The third-order valence-corrected chi connectivity index (χ3v) is 4.65. The first kappa shape index (κ1) is 22.0. The number of nitrogens with one attached hydrogen (secondary N) is 3. The van der Waals surface area contributed by atoms with Crippen molar-refractivity contribution < 1.29 is 18.6 Å². The van der Waals surface area contributed by atoms with Crippen LogP contribution in [-0.4, -0.2) is 44.5 Å². The molecule has 1 aromatic heterocycles. The Balaban J connectivity index is 0.00000256. The summed E-state index contributed by atoms with van der Waals surface area (Å²) in [5, 5.41) is 7.38. The smallest absolute Gasteiger partial charge is 0.231 e. The van der Waals surface area contributed by atoms with Crippen LogP contribution in [0.4, 0.5) is 4.39 Å². The van der Waals surface area contributed by atoms with Crippen molar-refractivity contribution in [1.82, 2.24) is 15.6 Å². The number of hydrogen-bond acceptors (Lipinski definition) is 4. The number of H-pyrrole nitrogens is 1. The summed E-state index contributed by atoms with van der Waals surface area (Å²) in [5.74, 6) is 2.62. The molecule has 160 valence electrons. The molecule has 7 nitrogen and oxygen atoms in total. The molecule has 1 aliphatic heterocycles. The second-order valence-corrected chi connectivity index (χ2v) is 6.54. The highest BCUT2D eigenvalue weighted by molar-refractivity contribution is 14.0. The van der Waals surface area contributed by atoms with Gasteiger partial charge in [-0.3, -0.25) is 4.99 Å². The quantitative estimate of drug-likeness (QED) is 0.190. The molecule has 30 heavy (non-hydrogen) atoms. The summed E-state index contributed by atoms with van der Waals surface area (Å²) < 4.78 is 29.8. The predicted molar refractivity (Wildman–Crippen MR) is 125 cm³/mol. The number of aromatic nitrogens is 1. The van der Waals surface area contributed by atoms with Crippen LogP contribution in [0.15, 0.2) is 47.6 Å². The minimum atomic E-state index is -0.230. The molecule has 0 bridgehead atoms. The molecule has 2 aromatic carbocycles. The number of hydrogen-bond donors (Lipinski definition) is 3. The van der Waals surface area contributed by atoms with Crippen molar-refractivity contribution in [3.05, 3.63) is 54.0 Å². The van der Waals surface area contributed by atoms with Gasteiger partial charge in [-0.2, -0.15) is 0 Å². The molecule has 1 aliphatic rings. The topological polar surface area (TPSA) is 79.9 Å². The number of ether oxygens (including phenoxy) is 3. The number of nitrogens with zero attached hydrogens (tertiary/aromatic N) is 1. The van der Waals surface area contributed by atoms with E-state index in [4.69, 9.17) is 14.2 Å². The van der Waals surface area contributed by atoms with Gasteiger partial charge in [-0.25, -0.2) is 4.39 Å². The molecule has 0 aliphatic carbocycles. The number of aliphatic imine (C=N–C) groups is 1. The van der Waals surface area contributed by atoms with E-state index in [0.717, 1.165) is 34.4 Å². The summed E-state index contributed by atoms with van der Waals surface area (Å²) in [6.07, 6.45) is 2.67. The molecule has 0 radical (unpaired) electrons. The maximum atomic E-state index is 13.5. The van der Waals surface area contributed by atoms with Gasteiger partial charge in [-0.1, -0.05) is 0 Å². The average Bonchev–Trinajstić information content (AvgIpc) is 3.36. The van der Waals surface area contributed by atoms with Crippen LogP contribution in [-0.2, 0) is 6.42 Å². The van der Waals surface area contributed by atoms with Gasteiger partial charge < -0.3 is 29.8 Å². The van der Waals surface area contributed by atoms with E-state index in [0.29, 0.717) is 31.4 Å². The Morgan fingerprint density at radius 3 is 2.83 bits per heavy atom. The minimum Gasteiger partial charge on any atom is -0.492 e. The van der Waals surface area contributed by atoms with Crippen LogP contribution in [0.5, 0.6) is 17.2 Å². The second kappa shape index (κ2) is 10.4. The van der Waals surface area contributed by atoms with E-state index in [1.165, 1.54) is 6.07 Å². The number of fused-ring (bicyclic) bond motifs is 2. The van der Waals surface area contributed by atoms with Crippen molar-refractivity contribution in [2.45, 2.75) is 6.42 Å². The van der Waals surface area contributed by atoms with Crippen molar-refractivity contribution in [1.29, 1.82) is 0 Å². The fraction of sp³-hybridized carbons (Fsp3) is 0.286. The average molecular weight is 526 g/mol. The van der Waals surface area contributed by atoms with Gasteiger partial charge in [0, 0.05) is 36.8 Å². The van der Waals surface area contributed by atoms with E-state index in [1.54, 1.807) is 19.2 Å². The first-order chi connectivity index (χ1) is 14.2. The van der Waals surface area contributed by atoms with Gasteiger partial charge in [-0.15, -0.1) is 24.0 Å². The van der Waals surface area contributed by atoms with E-state index < -0.39 is 0 Å². The lowest BCUT2D eigenvalue weighted by atomic mass is 10.1. The number of guanidine groups is 1. The molecule has 4 rings (SSSR count). The molecule has 9 heteroatoms.